The number of aryl methyl sites for hydroxylation is 1. The molecule has 0 aromatic heterocycles. The lowest BCUT2D eigenvalue weighted by molar-refractivity contribution is -0.143. The van der Waals surface area contributed by atoms with Gasteiger partial charge in [-0.2, -0.15) is 0 Å². The zero-order valence-corrected chi connectivity index (χ0v) is 16.3. The first-order valence-corrected chi connectivity index (χ1v) is 10.2. The third-order valence-electron chi connectivity index (χ3n) is 5.88. The molecular weight excluding hydrogens is 370 g/mol. The van der Waals surface area contributed by atoms with E-state index in [-0.39, 0.29) is 24.9 Å². The summed E-state index contributed by atoms with van der Waals surface area (Å²) >= 11 is 0. The average molecular weight is 395 g/mol. The zero-order valence-electron chi connectivity index (χ0n) is 16.3. The van der Waals surface area contributed by atoms with Gasteiger partial charge in [-0.3, -0.25) is 4.79 Å². The first kappa shape index (κ1) is 18.5. The first-order chi connectivity index (χ1) is 14.3. The number of amides is 1. The summed E-state index contributed by atoms with van der Waals surface area (Å²) in [4.78, 5) is 15.4. The van der Waals surface area contributed by atoms with Gasteiger partial charge in [-0.1, -0.05) is 30.3 Å². The zero-order chi connectivity index (χ0) is 19.6. The first-order valence-electron chi connectivity index (χ1n) is 10.2. The van der Waals surface area contributed by atoms with Crippen LogP contribution in [0.1, 0.15) is 23.1 Å². The number of hydrogen-bond acceptors (Lipinski definition) is 5. The van der Waals surface area contributed by atoms with Crippen LogP contribution >= 0.6 is 0 Å². The lowest BCUT2D eigenvalue weighted by Gasteiger charge is -2.31. The molecule has 2 aromatic carbocycles. The standard InChI is InChI=1S/C23H25NO5/c25-23(19-7-6-17-3-1-2-4-18(17)12-19)24(14-22-26-9-10-27-22)13-16-5-8-20-21(11-16)29-15-28-20/h1-5,8,11,19,22H,6-7,9-10,12-15H2/t19-/m1/s1. The van der Waals surface area contributed by atoms with Gasteiger partial charge < -0.3 is 23.8 Å². The van der Waals surface area contributed by atoms with Crippen LogP contribution < -0.4 is 9.47 Å². The minimum absolute atomic E-state index is 0.0136. The third-order valence-corrected chi connectivity index (χ3v) is 5.88. The lowest BCUT2D eigenvalue weighted by atomic mass is 9.83. The van der Waals surface area contributed by atoms with Crippen molar-refractivity contribution in [3.05, 3.63) is 59.2 Å². The van der Waals surface area contributed by atoms with Crippen LogP contribution in [-0.4, -0.2) is 43.6 Å². The molecule has 5 rings (SSSR count). The summed E-state index contributed by atoms with van der Waals surface area (Å²) in [6.45, 7) is 2.33. The molecule has 0 saturated carbocycles. The minimum Gasteiger partial charge on any atom is -0.454 e. The van der Waals surface area contributed by atoms with Gasteiger partial charge in [0.1, 0.15) is 0 Å². The van der Waals surface area contributed by atoms with E-state index in [9.17, 15) is 4.79 Å². The van der Waals surface area contributed by atoms with Crippen LogP contribution in [0.4, 0.5) is 0 Å². The molecule has 2 aliphatic heterocycles. The number of carbonyl (C=O) groups excluding carboxylic acids is 1. The van der Waals surface area contributed by atoms with E-state index in [1.165, 1.54) is 11.1 Å². The fraction of sp³-hybridized carbons (Fsp3) is 0.435. The molecule has 1 saturated heterocycles. The predicted octanol–water partition coefficient (Wildman–Crippen LogP) is 2.92. The van der Waals surface area contributed by atoms with Crippen molar-refractivity contribution in [2.45, 2.75) is 32.1 Å². The highest BCUT2D eigenvalue weighted by molar-refractivity contribution is 5.79. The number of ether oxygens (including phenoxy) is 4. The van der Waals surface area contributed by atoms with E-state index in [0.29, 0.717) is 26.3 Å². The highest BCUT2D eigenvalue weighted by Crippen LogP contribution is 2.33. The van der Waals surface area contributed by atoms with Crippen LogP contribution in [0.2, 0.25) is 0 Å². The van der Waals surface area contributed by atoms with Gasteiger partial charge >= 0.3 is 0 Å². The second-order valence-electron chi connectivity index (χ2n) is 7.79. The highest BCUT2D eigenvalue weighted by Gasteiger charge is 2.31. The topological polar surface area (TPSA) is 57.2 Å². The molecule has 0 spiro atoms. The Morgan fingerprint density at radius 3 is 2.66 bits per heavy atom. The Hall–Kier alpha value is -2.57. The fourth-order valence-electron chi connectivity index (χ4n) is 4.35. The highest BCUT2D eigenvalue weighted by atomic mass is 16.7. The van der Waals surface area contributed by atoms with Crippen molar-refractivity contribution in [2.75, 3.05) is 26.6 Å². The smallest absolute Gasteiger partial charge is 0.231 e. The van der Waals surface area contributed by atoms with Gasteiger partial charge in [0.25, 0.3) is 0 Å². The molecule has 2 heterocycles. The van der Waals surface area contributed by atoms with Crippen LogP contribution in [0.5, 0.6) is 11.5 Å². The minimum atomic E-state index is -0.358. The summed E-state index contributed by atoms with van der Waals surface area (Å²) in [5.41, 5.74) is 3.66. The number of hydrogen-bond donors (Lipinski definition) is 0. The van der Waals surface area contributed by atoms with E-state index >= 15 is 0 Å². The van der Waals surface area contributed by atoms with E-state index in [1.54, 1.807) is 0 Å². The number of nitrogens with zero attached hydrogens (tertiary/aromatic N) is 1. The number of benzene rings is 2. The molecule has 1 amide bonds. The Morgan fingerprint density at radius 2 is 1.79 bits per heavy atom. The summed E-state index contributed by atoms with van der Waals surface area (Å²) in [5.74, 6) is 1.63. The Morgan fingerprint density at radius 1 is 1.00 bits per heavy atom. The molecule has 3 aliphatic rings. The van der Waals surface area contributed by atoms with Crippen LogP contribution in [0.3, 0.4) is 0 Å². The molecule has 29 heavy (non-hydrogen) atoms. The van der Waals surface area contributed by atoms with Gasteiger partial charge in [0, 0.05) is 12.5 Å². The molecule has 1 atom stereocenters. The monoisotopic (exact) mass is 395 g/mol. The number of fused-ring (bicyclic) bond motifs is 2. The molecule has 1 fully saturated rings. The molecule has 0 radical (unpaired) electrons. The Kier molecular flexibility index (Phi) is 5.12. The van der Waals surface area contributed by atoms with Crippen molar-refractivity contribution in [3.63, 3.8) is 0 Å². The van der Waals surface area contributed by atoms with Gasteiger partial charge in [0.15, 0.2) is 17.8 Å². The maximum Gasteiger partial charge on any atom is 0.231 e. The molecule has 0 unspecified atom stereocenters. The second kappa shape index (κ2) is 8.05. The molecule has 1 aliphatic carbocycles. The van der Waals surface area contributed by atoms with Crippen molar-refractivity contribution in [1.29, 1.82) is 0 Å². The molecular formula is C23H25NO5. The van der Waals surface area contributed by atoms with Gasteiger partial charge in [0.2, 0.25) is 12.7 Å². The van der Waals surface area contributed by atoms with Gasteiger partial charge in [-0.15, -0.1) is 0 Å². The van der Waals surface area contributed by atoms with Crippen molar-refractivity contribution < 1.29 is 23.7 Å². The quantitative estimate of drug-likeness (QED) is 0.779. The van der Waals surface area contributed by atoms with Crippen LogP contribution in [0.15, 0.2) is 42.5 Å². The second-order valence-corrected chi connectivity index (χ2v) is 7.79. The molecule has 0 N–H and O–H groups in total. The Balaban J connectivity index is 1.34. The fourth-order valence-corrected chi connectivity index (χ4v) is 4.35. The molecule has 152 valence electrons. The number of carbonyl (C=O) groups is 1. The van der Waals surface area contributed by atoms with Crippen LogP contribution in [0, 0.1) is 5.92 Å². The lowest BCUT2D eigenvalue weighted by Crippen LogP contribution is -2.42. The van der Waals surface area contributed by atoms with Gasteiger partial charge in [-0.05, 0) is 48.1 Å². The largest absolute Gasteiger partial charge is 0.454 e. The number of rotatable bonds is 5. The van der Waals surface area contributed by atoms with E-state index < -0.39 is 0 Å². The van der Waals surface area contributed by atoms with Crippen molar-refractivity contribution in [1.82, 2.24) is 4.90 Å². The summed E-state index contributed by atoms with van der Waals surface area (Å²) in [6.07, 6.45) is 2.25. The van der Waals surface area contributed by atoms with Crippen LogP contribution in [0.25, 0.3) is 0 Å². The summed E-state index contributed by atoms with van der Waals surface area (Å²) in [7, 11) is 0. The third kappa shape index (κ3) is 3.95. The molecule has 2 aromatic rings. The van der Waals surface area contributed by atoms with E-state index in [1.807, 2.05) is 23.1 Å². The predicted molar refractivity (Wildman–Crippen MR) is 106 cm³/mol. The van der Waals surface area contributed by atoms with Gasteiger partial charge in [0.05, 0.1) is 19.8 Å². The van der Waals surface area contributed by atoms with Crippen molar-refractivity contribution >= 4 is 5.91 Å². The molecule has 6 heteroatoms. The molecule has 0 bridgehead atoms. The van der Waals surface area contributed by atoms with Crippen LogP contribution in [-0.2, 0) is 33.7 Å². The Bertz CT molecular complexity index is 893. The maximum atomic E-state index is 13.5. The Labute approximate surface area is 170 Å². The normalized spacial score (nSPS) is 20.5. The van der Waals surface area contributed by atoms with Crippen molar-refractivity contribution in [2.24, 2.45) is 5.92 Å². The van der Waals surface area contributed by atoms with E-state index in [0.717, 1.165) is 36.3 Å². The van der Waals surface area contributed by atoms with E-state index in [4.69, 9.17) is 18.9 Å². The summed E-state index contributed by atoms with van der Waals surface area (Å²) < 4.78 is 22.2. The van der Waals surface area contributed by atoms with Gasteiger partial charge in [-0.25, -0.2) is 0 Å². The average Bonchev–Trinajstić information content (AvgIpc) is 3.44. The summed E-state index contributed by atoms with van der Waals surface area (Å²) in [6, 6.07) is 14.3. The SMILES string of the molecule is O=C([C@@H]1CCc2ccccc2C1)N(Cc1ccc2c(c1)OCO2)CC1OCCO1. The maximum absolute atomic E-state index is 13.5. The summed E-state index contributed by atoms with van der Waals surface area (Å²) in [5, 5.41) is 0. The molecule has 6 nitrogen and oxygen atoms in total. The van der Waals surface area contributed by atoms with Crippen molar-refractivity contribution in [3.8, 4) is 11.5 Å². The van der Waals surface area contributed by atoms with E-state index in [2.05, 4.69) is 24.3 Å².